The molecule has 1 aliphatic carbocycles. The Balaban J connectivity index is 1.90. The molecule has 0 aromatic carbocycles. The van der Waals surface area contributed by atoms with Gasteiger partial charge in [-0.1, -0.05) is 5.92 Å². The Morgan fingerprint density at radius 1 is 1.42 bits per heavy atom. The molecule has 1 saturated heterocycles. The maximum atomic E-state index is 12.0. The molecule has 104 valence electrons. The lowest BCUT2D eigenvalue weighted by Crippen LogP contribution is -2.49. The largest absolute Gasteiger partial charge is 0.480 e. The summed E-state index contributed by atoms with van der Waals surface area (Å²) in [7, 11) is 0. The number of urea groups is 1. The van der Waals surface area contributed by atoms with Crippen molar-refractivity contribution in [2.45, 2.75) is 31.4 Å². The van der Waals surface area contributed by atoms with Gasteiger partial charge in [-0.25, -0.2) is 4.79 Å². The van der Waals surface area contributed by atoms with Gasteiger partial charge in [0.25, 0.3) is 0 Å². The zero-order chi connectivity index (χ0) is 13.8. The van der Waals surface area contributed by atoms with Crippen LogP contribution in [0.3, 0.4) is 0 Å². The first-order chi connectivity index (χ1) is 9.11. The van der Waals surface area contributed by atoms with Crippen LogP contribution in [-0.2, 0) is 9.53 Å². The minimum Gasteiger partial charge on any atom is -0.480 e. The van der Waals surface area contributed by atoms with Crippen LogP contribution in [0.15, 0.2) is 0 Å². The van der Waals surface area contributed by atoms with E-state index in [2.05, 4.69) is 11.2 Å². The van der Waals surface area contributed by atoms with Crippen LogP contribution in [0.4, 0.5) is 4.79 Å². The molecule has 2 N–H and O–H groups in total. The van der Waals surface area contributed by atoms with E-state index in [9.17, 15) is 9.59 Å². The van der Waals surface area contributed by atoms with E-state index < -0.39 is 18.5 Å². The lowest BCUT2D eigenvalue weighted by molar-refractivity contribution is -0.137. The molecule has 2 rings (SSSR count). The summed E-state index contributed by atoms with van der Waals surface area (Å²) in [6.45, 7) is 0.234. The van der Waals surface area contributed by atoms with Crippen molar-refractivity contribution in [3.8, 4) is 12.3 Å². The van der Waals surface area contributed by atoms with Crippen molar-refractivity contribution in [1.82, 2.24) is 10.2 Å². The first kappa shape index (κ1) is 13.7. The number of carbonyl (C=O) groups excluding carboxylic acids is 1. The molecule has 1 aliphatic heterocycles. The second-order valence-electron chi connectivity index (χ2n) is 4.97. The topological polar surface area (TPSA) is 78.9 Å². The average molecular weight is 266 g/mol. The minimum atomic E-state index is -1.08. The normalized spacial score (nSPS) is 25.6. The number of carboxylic acid groups (broad SMARTS) is 1. The van der Waals surface area contributed by atoms with Crippen molar-refractivity contribution in [3.05, 3.63) is 0 Å². The number of nitrogens with one attached hydrogen (secondary N) is 1. The Hall–Kier alpha value is -1.74. The number of rotatable bonds is 5. The van der Waals surface area contributed by atoms with Gasteiger partial charge >= 0.3 is 12.0 Å². The second-order valence-corrected chi connectivity index (χ2v) is 4.97. The molecular formula is C13H18N2O4. The SMILES string of the molecule is C#CCN(CC(=O)O)C(=O)NC1CCOC1C1CC1. The van der Waals surface area contributed by atoms with Gasteiger partial charge in [0.05, 0.1) is 18.7 Å². The van der Waals surface area contributed by atoms with E-state index in [4.69, 9.17) is 16.3 Å². The van der Waals surface area contributed by atoms with Gasteiger partial charge in [0.2, 0.25) is 0 Å². The van der Waals surface area contributed by atoms with E-state index in [1.807, 2.05) is 0 Å². The molecule has 2 unspecified atom stereocenters. The number of hydrogen-bond donors (Lipinski definition) is 2. The first-order valence-corrected chi connectivity index (χ1v) is 6.44. The Labute approximate surface area is 112 Å². The molecule has 6 heteroatoms. The molecule has 0 aromatic heterocycles. The van der Waals surface area contributed by atoms with Gasteiger partial charge < -0.3 is 20.1 Å². The van der Waals surface area contributed by atoms with Gasteiger partial charge in [-0.2, -0.15) is 0 Å². The van der Waals surface area contributed by atoms with E-state index in [-0.39, 0.29) is 18.7 Å². The van der Waals surface area contributed by atoms with Gasteiger partial charge in [-0.3, -0.25) is 4.79 Å². The monoisotopic (exact) mass is 266 g/mol. The van der Waals surface area contributed by atoms with Crippen molar-refractivity contribution in [3.63, 3.8) is 0 Å². The summed E-state index contributed by atoms with van der Waals surface area (Å²) in [4.78, 5) is 23.8. The number of carbonyl (C=O) groups is 2. The molecule has 2 fully saturated rings. The number of terminal acetylenes is 1. The quantitative estimate of drug-likeness (QED) is 0.701. The summed E-state index contributed by atoms with van der Waals surface area (Å²) < 4.78 is 5.62. The van der Waals surface area contributed by atoms with Crippen molar-refractivity contribution in [2.75, 3.05) is 19.7 Å². The Morgan fingerprint density at radius 2 is 2.16 bits per heavy atom. The molecule has 2 amide bonds. The van der Waals surface area contributed by atoms with E-state index in [0.29, 0.717) is 12.5 Å². The molecule has 0 aromatic rings. The van der Waals surface area contributed by atoms with E-state index in [0.717, 1.165) is 24.2 Å². The fourth-order valence-corrected chi connectivity index (χ4v) is 2.38. The number of nitrogens with zero attached hydrogens (tertiary/aromatic N) is 1. The van der Waals surface area contributed by atoms with Crippen LogP contribution in [0.5, 0.6) is 0 Å². The molecule has 1 heterocycles. The summed E-state index contributed by atoms with van der Waals surface area (Å²) in [6.07, 6.45) is 8.26. The van der Waals surface area contributed by atoms with Crippen LogP contribution in [0.1, 0.15) is 19.3 Å². The maximum Gasteiger partial charge on any atom is 0.323 e. The number of hydrogen-bond acceptors (Lipinski definition) is 3. The summed E-state index contributed by atoms with van der Waals surface area (Å²) in [5.41, 5.74) is 0. The van der Waals surface area contributed by atoms with Gasteiger partial charge in [0.15, 0.2) is 0 Å². The van der Waals surface area contributed by atoms with Crippen molar-refractivity contribution < 1.29 is 19.4 Å². The predicted octanol–water partition coefficient (Wildman–Crippen LogP) is 0.283. The van der Waals surface area contributed by atoms with Crippen LogP contribution in [-0.4, -0.2) is 53.8 Å². The van der Waals surface area contributed by atoms with Crippen molar-refractivity contribution in [2.24, 2.45) is 5.92 Å². The lowest BCUT2D eigenvalue weighted by atomic mass is 10.1. The van der Waals surface area contributed by atoms with Crippen LogP contribution < -0.4 is 5.32 Å². The standard InChI is InChI=1S/C13H18N2O4/c1-2-6-15(8-11(16)17)13(18)14-10-5-7-19-12(10)9-3-4-9/h1,9-10,12H,3-8H2,(H,14,18)(H,16,17). The highest BCUT2D eigenvalue weighted by Crippen LogP contribution is 2.38. The van der Waals surface area contributed by atoms with E-state index >= 15 is 0 Å². The molecule has 0 bridgehead atoms. The summed E-state index contributed by atoms with van der Waals surface area (Å²) in [5, 5.41) is 11.6. The molecule has 2 atom stereocenters. The van der Waals surface area contributed by atoms with Gasteiger partial charge in [-0.05, 0) is 25.2 Å². The summed E-state index contributed by atoms with van der Waals surface area (Å²) in [6, 6.07) is -0.462. The Kier molecular flexibility index (Phi) is 4.27. The fraction of sp³-hybridized carbons (Fsp3) is 0.692. The number of aliphatic carboxylic acids is 1. The zero-order valence-electron chi connectivity index (χ0n) is 10.7. The van der Waals surface area contributed by atoms with Crippen molar-refractivity contribution >= 4 is 12.0 Å². The van der Waals surface area contributed by atoms with Crippen LogP contribution in [0, 0.1) is 18.3 Å². The molecule has 0 spiro atoms. The zero-order valence-corrected chi connectivity index (χ0v) is 10.7. The van der Waals surface area contributed by atoms with E-state index in [1.54, 1.807) is 0 Å². The number of ether oxygens (including phenoxy) is 1. The van der Waals surface area contributed by atoms with Gasteiger partial charge in [0.1, 0.15) is 6.54 Å². The number of carboxylic acids is 1. The summed E-state index contributed by atoms with van der Waals surface area (Å²) in [5.74, 6) is 1.75. The maximum absolute atomic E-state index is 12.0. The minimum absolute atomic E-state index is 0.0141. The predicted molar refractivity (Wildman–Crippen MR) is 67.4 cm³/mol. The third-order valence-corrected chi connectivity index (χ3v) is 3.43. The molecule has 2 aliphatic rings. The highest BCUT2D eigenvalue weighted by Gasteiger charge is 2.41. The third kappa shape index (κ3) is 3.61. The van der Waals surface area contributed by atoms with Gasteiger partial charge in [-0.15, -0.1) is 6.42 Å². The smallest absolute Gasteiger partial charge is 0.323 e. The van der Waals surface area contributed by atoms with Crippen molar-refractivity contribution in [1.29, 1.82) is 0 Å². The first-order valence-electron chi connectivity index (χ1n) is 6.44. The second kappa shape index (κ2) is 5.93. The lowest BCUT2D eigenvalue weighted by Gasteiger charge is -2.24. The van der Waals surface area contributed by atoms with Crippen LogP contribution >= 0.6 is 0 Å². The Morgan fingerprint density at radius 3 is 2.74 bits per heavy atom. The Bertz CT molecular complexity index is 400. The van der Waals surface area contributed by atoms with Crippen LogP contribution in [0.2, 0.25) is 0 Å². The molecular weight excluding hydrogens is 248 g/mol. The number of amides is 2. The highest BCUT2D eigenvalue weighted by atomic mass is 16.5. The molecule has 0 radical (unpaired) electrons. The van der Waals surface area contributed by atoms with E-state index in [1.165, 1.54) is 0 Å². The van der Waals surface area contributed by atoms with Crippen LogP contribution in [0.25, 0.3) is 0 Å². The highest BCUT2D eigenvalue weighted by molar-refractivity contribution is 5.80. The molecule has 6 nitrogen and oxygen atoms in total. The molecule has 1 saturated carbocycles. The fourth-order valence-electron chi connectivity index (χ4n) is 2.38. The van der Waals surface area contributed by atoms with Gasteiger partial charge in [0, 0.05) is 6.61 Å². The summed E-state index contributed by atoms with van der Waals surface area (Å²) >= 11 is 0. The average Bonchev–Trinajstić information content (AvgIpc) is 3.09. The molecule has 19 heavy (non-hydrogen) atoms. The third-order valence-electron chi connectivity index (χ3n) is 3.43.